The SMILES string of the molecule is CC(C)CNC(=O)[C@H](C)N(Cc1c(Cl)cccc1Cl)C(=O)CCCN(c1ccc2c(c1)OCO2)S(C)(=O)=O. The molecule has 1 aliphatic heterocycles. The highest BCUT2D eigenvalue weighted by molar-refractivity contribution is 7.92. The highest BCUT2D eigenvalue weighted by Crippen LogP contribution is 2.36. The second-order valence-corrected chi connectivity index (χ2v) is 12.2. The molecule has 0 bridgehead atoms. The molecule has 0 fully saturated rings. The summed E-state index contributed by atoms with van der Waals surface area (Å²) in [6, 6.07) is 9.12. The second-order valence-electron chi connectivity index (χ2n) is 9.51. The quantitative estimate of drug-likeness (QED) is 0.394. The van der Waals surface area contributed by atoms with Crippen LogP contribution in [0.1, 0.15) is 39.2 Å². The highest BCUT2D eigenvalue weighted by Gasteiger charge is 2.28. The van der Waals surface area contributed by atoms with Crippen molar-refractivity contribution in [2.24, 2.45) is 5.92 Å². The van der Waals surface area contributed by atoms with Gasteiger partial charge in [0.1, 0.15) is 6.04 Å². The summed E-state index contributed by atoms with van der Waals surface area (Å²) in [5.41, 5.74) is 0.941. The fourth-order valence-electron chi connectivity index (χ4n) is 3.93. The Morgan fingerprint density at radius 2 is 1.71 bits per heavy atom. The normalized spacial score (nSPS) is 13.3. The Morgan fingerprint density at radius 3 is 2.34 bits per heavy atom. The Labute approximate surface area is 234 Å². The Morgan fingerprint density at radius 1 is 1.05 bits per heavy atom. The maximum absolute atomic E-state index is 13.4. The molecule has 3 rings (SSSR count). The summed E-state index contributed by atoms with van der Waals surface area (Å²) in [6.07, 6.45) is 1.32. The Kier molecular flexibility index (Phi) is 10.1. The van der Waals surface area contributed by atoms with Crippen molar-refractivity contribution in [3.63, 3.8) is 0 Å². The first-order valence-electron chi connectivity index (χ1n) is 12.3. The first kappa shape index (κ1) is 29.9. The number of hydrogen-bond donors (Lipinski definition) is 1. The third kappa shape index (κ3) is 7.68. The molecule has 0 aliphatic carbocycles. The molecule has 38 heavy (non-hydrogen) atoms. The molecule has 0 unspecified atom stereocenters. The van der Waals surface area contributed by atoms with Crippen molar-refractivity contribution in [2.45, 2.75) is 46.2 Å². The number of fused-ring (bicyclic) bond motifs is 1. The minimum Gasteiger partial charge on any atom is -0.454 e. The molecule has 2 amide bonds. The Bertz CT molecular complexity index is 1250. The van der Waals surface area contributed by atoms with Crippen molar-refractivity contribution in [2.75, 3.05) is 30.4 Å². The van der Waals surface area contributed by atoms with Gasteiger partial charge in [0.15, 0.2) is 11.5 Å². The number of nitrogens with zero attached hydrogens (tertiary/aromatic N) is 2. The third-order valence-electron chi connectivity index (χ3n) is 6.04. The largest absolute Gasteiger partial charge is 0.454 e. The van der Waals surface area contributed by atoms with Crippen molar-refractivity contribution in [1.82, 2.24) is 10.2 Å². The van der Waals surface area contributed by atoms with Crippen LogP contribution >= 0.6 is 23.2 Å². The van der Waals surface area contributed by atoms with E-state index in [1.807, 2.05) is 13.8 Å². The number of amides is 2. The van der Waals surface area contributed by atoms with E-state index >= 15 is 0 Å². The highest BCUT2D eigenvalue weighted by atomic mass is 35.5. The molecule has 12 heteroatoms. The monoisotopic (exact) mass is 585 g/mol. The summed E-state index contributed by atoms with van der Waals surface area (Å²) in [7, 11) is -3.65. The minimum absolute atomic E-state index is 0.000441. The lowest BCUT2D eigenvalue weighted by atomic mass is 10.1. The van der Waals surface area contributed by atoms with Crippen LogP contribution in [0.25, 0.3) is 0 Å². The summed E-state index contributed by atoms with van der Waals surface area (Å²) in [6.45, 7) is 6.23. The molecule has 208 valence electrons. The van der Waals surface area contributed by atoms with Crippen LogP contribution in [0.5, 0.6) is 11.5 Å². The fraction of sp³-hybridized carbons (Fsp3) is 0.462. The van der Waals surface area contributed by atoms with Gasteiger partial charge in [-0.1, -0.05) is 43.1 Å². The third-order valence-corrected chi connectivity index (χ3v) is 7.94. The lowest BCUT2D eigenvalue weighted by molar-refractivity contribution is -0.140. The summed E-state index contributed by atoms with van der Waals surface area (Å²) in [5, 5.41) is 3.63. The van der Waals surface area contributed by atoms with Gasteiger partial charge < -0.3 is 19.7 Å². The molecule has 0 spiro atoms. The number of sulfonamides is 1. The van der Waals surface area contributed by atoms with Gasteiger partial charge in [0, 0.05) is 47.7 Å². The van der Waals surface area contributed by atoms with E-state index < -0.39 is 16.1 Å². The zero-order valence-electron chi connectivity index (χ0n) is 21.9. The van der Waals surface area contributed by atoms with Crippen molar-refractivity contribution in [1.29, 1.82) is 0 Å². The van der Waals surface area contributed by atoms with Crippen LogP contribution in [0, 0.1) is 5.92 Å². The number of carbonyl (C=O) groups excluding carboxylic acids is 2. The number of rotatable bonds is 12. The summed E-state index contributed by atoms with van der Waals surface area (Å²) >= 11 is 12.7. The smallest absolute Gasteiger partial charge is 0.242 e. The lowest BCUT2D eigenvalue weighted by Gasteiger charge is -2.30. The molecule has 2 aromatic carbocycles. The number of carbonyl (C=O) groups is 2. The summed E-state index contributed by atoms with van der Waals surface area (Å²) in [4.78, 5) is 27.7. The van der Waals surface area contributed by atoms with E-state index in [0.717, 1.165) is 6.26 Å². The van der Waals surface area contributed by atoms with Gasteiger partial charge in [-0.25, -0.2) is 8.42 Å². The predicted octanol–water partition coefficient (Wildman–Crippen LogP) is 4.46. The zero-order chi connectivity index (χ0) is 28.0. The van der Waals surface area contributed by atoms with Crippen LogP contribution in [0.2, 0.25) is 10.0 Å². The number of anilines is 1. The molecule has 1 aliphatic rings. The molecule has 9 nitrogen and oxygen atoms in total. The molecule has 0 radical (unpaired) electrons. The van der Waals surface area contributed by atoms with E-state index in [0.29, 0.717) is 39.3 Å². The average molecular weight is 587 g/mol. The van der Waals surface area contributed by atoms with Crippen LogP contribution in [-0.4, -0.2) is 57.3 Å². The van der Waals surface area contributed by atoms with Gasteiger partial charge in [-0.2, -0.15) is 0 Å². The van der Waals surface area contributed by atoms with E-state index in [-0.39, 0.29) is 50.5 Å². The predicted molar refractivity (Wildman–Crippen MR) is 148 cm³/mol. The van der Waals surface area contributed by atoms with Crippen molar-refractivity contribution < 1.29 is 27.5 Å². The van der Waals surface area contributed by atoms with Crippen LogP contribution < -0.4 is 19.1 Å². The van der Waals surface area contributed by atoms with Gasteiger partial charge in [0.25, 0.3) is 0 Å². The number of nitrogens with one attached hydrogen (secondary N) is 1. The minimum atomic E-state index is -3.65. The maximum atomic E-state index is 13.4. The first-order valence-corrected chi connectivity index (χ1v) is 14.9. The van der Waals surface area contributed by atoms with Gasteiger partial charge in [0.05, 0.1) is 11.9 Å². The fourth-order valence-corrected chi connectivity index (χ4v) is 5.41. The van der Waals surface area contributed by atoms with Gasteiger partial charge in [-0.05, 0) is 43.5 Å². The van der Waals surface area contributed by atoms with Crippen LogP contribution in [-0.2, 0) is 26.2 Å². The van der Waals surface area contributed by atoms with Crippen molar-refractivity contribution >= 4 is 50.7 Å². The zero-order valence-corrected chi connectivity index (χ0v) is 24.2. The number of benzene rings is 2. The molecule has 1 heterocycles. The molecule has 1 atom stereocenters. The summed E-state index contributed by atoms with van der Waals surface area (Å²) in [5.74, 6) is 0.611. The van der Waals surface area contributed by atoms with E-state index in [1.54, 1.807) is 43.3 Å². The van der Waals surface area contributed by atoms with Crippen LogP contribution in [0.15, 0.2) is 36.4 Å². The molecule has 0 saturated carbocycles. The van der Waals surface area contributed by atoms with E-state index in [1.165, 1.54) is 9.21 Å². The molecule has 0 saturated heterocycles. The van der Waals surface area contributed by atoms with E-state index in [2.05, 4.69) is 5.32 Å². The van der Waals surface area contributed by atoms with Gasteiger partial charge >= 0.3 is 0 Å². The number of hydrogen-bond acceptors (Lipinski definition) is 6. The van der Waals surface area contributed by atoms with E-state index in [9.17, 15) is 18.0 Å². The molecule has 1 N–H and O–H groups in total. The Hall–Kier alpha value is -2.69. The van der Waals surface area contributed by atoms with Crippen molar-refractivity contribution in [3.05, 3.63) is 52.0 Å². The number of ether oxygens (including phenoxy) is 2. The topological polar surface area (TPSA) is 105 Å². The van der Waals surface area contributed by atoms with E-state index in [4.69, 9.17) is 32.7 Å². The molecular weight excluding hydrogens is 553 g/mol. The average Bonchev–Trinajstić information content (AvgIpc) is 3.31. The van der Waals surface area contributed by atoms with Gasteiger partial charge in [0.2, 0.25) is 28.6 Å². The number of halogens is 2. The van der Waals surface area contributed by atoms with Gasteiger partial charge in [-0.3, -0.25) is 13.9 Å². The Balaban J connectivity index is 1.76. The first-order chi connectivity index (χ1) is 17.9. The van der Waals surface area contributed by atoms with Gasteiger partial charge in [-0.15, -0.1) is 0 Å². The maximum Gasteiger partial charge on any atom is 0.242 e. The standard InChI is InChI=1S/C26H33Cl2N3O6S/c1-17(2)14-29-26(33)18(3)30(15-20-21(27)7-5-8-22(20)28)25(32)9-6-12-31(38(4,34)35)19-10-11-23-24(13-19)37-16-36-23/h5,7-8,10-11,13,17-18H,6,9,12,14-16H2,1-4H3,(H,29,33)/t18-/m0/s1. The van der Waals surface area contributed by atoms with Crippen molar-refractivity contribution in [3.8, 4) is 11.5 Å². The molecule has 0 aromatic heterocycles. The second kappa shape index (κ2) is 12.9. The lowest BCUT2D eigenvalue weighted by Crippen LogP contribution is -2.48. The van der Waals surface area contributed by atoms with Crippen LogP contribution in [0.4, 0.5) is 5.69 Å². The summed E-state index contributed by atoms with van der Waals surface area (Å²) < 4.78 is 37.0. The van der Waals surface area contributed by atoms with Crippen LogP contribution in [0.3, 0.4) is 0 Å². The molecule has 2 aromatic rings. The molecular formula is C26H33Cl2N3O6S.